The fraction of sp³-hybridized carbons (Fsp3) is 0.417. The van der Waals surface area contributed by atoms with Crippen LogP contribution in [0.5, 0.6) is 0 Å². The molecule has 0 aliphatic carbocycles. The highest BCUT2D eigenvalue weighted by molar-refractivity contribution is 5.42. The van der Waals surface area contributed by atoms with Crippen molar-refractivity contribution in [1.82, 2.24) is 4.90 Å². The fourth-order valence-corrected chi connectivity index (χ4v) is 1.56. The van der Waals surface area contributed by atoms with Gasteiger partial charge in [0.15, 0.2) is 0 Å². The van der Waals surface area contributed by atoms with Gasteiger partial charge in [0.1, 0.15) is 11.8 Å². The van der Waals surface area contributed by atoms with E-state index in [1.165, 1.54) is 20.0 Å². The Balaban J connectivity index is 2.74. The van der Waals surface area contributed by atoms with Crippen molar-refractivity contribution in [2.24, 2.45) is 0 Å². The van der Waals surface area contributed by atoms with E-state index in [4.69, 9.17) is 10.00 Å². The van der Waals surface area contributed by atoms with Crippen LogP contribution in [0.3, 0.4) is 0 Å². The van der Waals surface area contributed by atoms with Crippen LogP contribution in [-0.4, -0.2) is 25.1 Å². The molecule has 0 N–H and O–H groups in total. The summed E-state index contributed by atoms with van der Waals surface area (Å²) in [5, 5.41) is 9.00. The monoisotopic (exact) mass is 204 g/mol. The lowest BCUT2D eigenvalue weighted by Gasteiger charge is -2.19. The number of allylic oxidation sites excluding steroid dienone is 2. The van der Waals surface area contributed by atoms with Crippen molar-refractivity contribution >= 4 is 0 Å². The molecule has 80 valence electrons. The van der Waals surface area contributed by atoms with Crippen molar-refractivity contribution in [2.75, 3.05) is 20.2 Å². The van der Waals surface area contributed by atoms with Crippen molar-refractivity contribution in [1.29, 1.82) is 5.26 Å². The summed E-state index contributed by atoms with van der Waals surface area (Å²) in [5.41, 5.74) is 1.30. The lowest BCUT2D eigenvalue weighted by atomic mass is 10.2. The third kappa shape index (κ3) is 2.88. The van der Waals surface area contributed by atoms with Gasteiger partial charge in [0.2, 0.25) is 0 Å². The van der Waals surface area contributed by atoms with Crippen LogP contribution in [0, 0.1) is 11.3 Å². The highest BCUT2D eigenvalue weighted by Crippen LogP contribution is 2.20. The zero-order chi connectivity index (χ0) is 11.3. The maximum Gasteiger partial charge on any atom is 0.113 e. The second kappa shape index (κ2) is 5.26. The Labute approximate surface area is 90.9 Å². The molecule has 1 rings (SSSR count). The molecule has 1 saturated heterocycles. The van der Waals surface area contributed by atoms with Gasteiger partial charge in [-0.15, -0.1) is 0 Å². The molecule has 0 spiro atoms. The van der Waals surface area contributed by atoms with Gasteiger partial charge in [-0.05, 0) is 18.9 Å². The highest BCUT2D eigenvalue weighted by Gasteiger charge is 2.16. The Morgan fingerprint density at radius 1 is 1.40 bits per heavy atom. The normalized spacial score (nSPS) is 16.0. The fourth-order valence-electron chi connectivity index (χ4n) is 1.56. The van der Waals surface area contributed by atoms with E-state index >= 15 is 0 Å². The number of nitriles is 1. The van der Waals surface area contributed by atoms with Crippen LogP contribution in [-0.2, 0) is 4.74 Å². The predicted octanol–water partition coefficient (Wildman–Crippen LogP) is 2.21. The molecule has 3 nitrogen and oxygen atoms in total. The summed E-state index contributed by atoms with van der Waals surface area (Å²) in [4.78, 5) is 2.12. The second-order valence-corrected chi connectivity index (χ2v) is 3.48. The average molecular weight is 204 g/mol. The standard InChI is InChI=1S/C12H16N2O/c1-10(15-3)8-12(9-13)11(2)14-6-4-5-7-14/h8H,1-2,4-7H2,3H3/b12-8-. The van der Waals surface area contributed by atoms with E-state index in [0.29, 0.717) is 11.3 Å². The zero-order valence-corrected chi connectivity index (χ0v) is 9.12. The van der Waals surface area contributed by atoms with Gasteiger partial charge in [-0.25, -0.2) is 0 Å². The van der Waals surface area contributed by atoms with Crippen molar-refractivity contribution in [3.05, 3.63) is 36.3 Å². The molecule has 1 aliphatic rings. The Morgan fingerprint density at radius 2 is 2.00 bits per heavy atom. The van der Waals surface area contributed by atoms with E-state index in [2.05, 4.69) is 24.1 Å². The lowest BCUT2D eigenvalue weighted by Crippen LogP contribution is -2.18. The van der Waals surface area contributed by atoms with Gasteiger partial charge in [-0.3, -0.25) is 0 Å². The summed E-state index contributed by atoms with van der Waals surface area (Å²) in [5.74, 6) is 0.479. The Hall–Kier alpha value is -1.69. The van der Waals surface area contributed by atoms with Crippen molar-refractivity contribution in [2.45, 2.75) is 12.8 Å². The van der Waals surface area contributed by atoms with Crippen molar-refractivity contribution < 1.29 is 4.74 Å². The van der Waals surface area contributed by atoms with Crippen LogP contribution in [0.1, 0.15) is 12.8 Å². The topological polar surface area (TPSA) is 36.3 Å². The molecule has 0 saturated carbocycles. The third-order valence-electron chi connectivity index (χ3n) is 2.49. The molecule has 0 amide bonds. The maximum atomic E-state index is 9.00. The number of likely N-dealkylation sites (tertiary alicyclic amines) is 1. The third-order valence-corrected chi connectivity index (χ3v) is 2.49. The molecule has 1 heterocycles. The Bertz CT molecular complexity index is 330. The van der Waals surface area contributed by atoms with E-state index in [0.717, 1.165) is 18.8 Å². The molecule has 0 aromatic carbocycles. The average Bonchev–Trinajstić information content (AvgIpc) is 2.77. The van der Waals surface area contributed by atoms with E-state index in [1.54, 1.807) is 6.08 Å². The Morgan fingerprint density at radius 3 is 2.47 bits per heavy atom. The molecule has 1 fully saturated rings. The Kier molecular flexibility index (Phi) is 3.99. The van der Waals surface area contributed by atoms with Gasteiger partial charge >= 0.3 is 0 Å². The molecule has 1 aliphatic heterocycles. The first kappa shape index (κ1) is 11.4. The summed E-state index contributed by atoms with van der Waals surface area (Å²) < 4.78 is 4.91. The number of nitrogens with zero attached hydrogens (tertiary/aromatic N) is 2. The number of hydrogen-bond donors (Lipinski definition) is 0. The number of methoxy groups -OCH3 is 1. The predicted molar refractivity (Wildman–Crippen MR) is 59.8 cm³/mol. The van der Waals surface area contributed by atoms with Crippen molar-refractivity contribution in [3.8, 4) is 6.07 Å². The minimum absolute atomic E-state index is 0.479. The van der Waals surface area contributed by atoms with Crippen LogP contribution >= 0.6 is 0 Å². The number of rotatable bonds is 4. The smallest absolute Gasteiger partial charge is 0.113 e. The molecule has 0 radical (unpaired) electrons. The van der Waals surface area contributed by atoms with Crippen molar-refractivity contribution in [3.63, 3.8) is 0 Å². The second-order valence-electron chi connectivity index (χ2n) is 3.48. The summed E-state index contributed by atoms with van der Waals surface area (Å²) >= 11 is 0. The van der Waals surface area contributed by atoms with Gasteiger partial charge in [-0.1, -0.05) is 13.2 Å². The van der Waals surface area contributed by atoms with Gasteiger partial charge in [0, 0.05) is 18.8 Å². The van der Waals surface area contributed by atoms with E-state index in [1.807, 2.05) is 0 Å². The molecule has 15 heavy (non-hydrogen) atoms. The molecule has 0 atom stereocenters. The first-order valence-corrected chi connectivity index (χ1v) is 4.98. The molecular weight excluding hydrogens is 188 g/mol. The molecular formula is C12H16N2O. The van der Waals surface area contributed by atoms with Crippen LogP contribution in [0.4, 0.5) is 0 Å². The lowest BCUT2D eigenvalue weighted by molar-refractivity contribution is 0.308. The maximum absolute atomic E-state index is 9.00. The molecule has 0 unspecified atom stereocenters. The van der Waals surface area contributed by atoms with E-state index < -0.39 is 0 Å². The molecule has 0 aromatic heterocycles. The van der Waals surface area contributed by atoms with E-state index in [9.17, 15) is 0 Å². The van der Waals surface area contributed by atoms with Gasteiger partial charge in [-0.2, -0.15) is 5.26 Å². The number of hydrogen-bond acceptors (Lipinski definition) is 3. The first-order valence-electron chi connectivity index (χ1n) is 4.98. The summed E-state index contributed by atoms with van der Waals surface area (Å²) in [6.07, 6.45) is 3.96. The first-order chi connectivity index (χ1) is 7.19. The van der Waals surface area contributed by atoms with Crippen LogP contribution < -0.4 is 0 Å². The minimum Gasteiger partial charge on any atom is -0.497 e. The van der Waals surface area contributed by atoms with Crippen LogP contribution in [0.15, 0.2) is 36.3 Å². The van der Waals surface area contributed by atoms with Crippen LogP contribution in [0.25, 0.3) is 0 Å². The highest BCUT2D eigenvalue weighted by atomic mass is 16.5. The number of ether oxygens (including phenoxy) is 1. The summed E-state index contributed by atoms with van der Waals surface area (Å²) in [7, 11) is 1.53. The van der Waals surface area contributed by atoms with Gasteiger partial charge in [0.05, 0.1) is 12.7 Å². The van der Waals surface area contributed by atoms with Gasteiger partial charge < -0.3 is 9.64 Å². The minimum atomic E-state index is 0.479. The van der Waals surface area contributed by atoms with Gasteiger partial charge in [0.25, 0.3) is 0 Å². The molecule has 0 bridgehead atoms. The molecule has 3 heteroatoms. The summed E-state index contributed by atoms with van der Waals surface area (Å²) in [6.45, 7) is 9.56. The van der Waals surface area contributed by atoms with Crippen LogP contribution in [0.2, 0.25) is 0 Å². The SMILES string of the molecule is C=C(/C=C(/C#N)C(=C)N1CCCC1)OC. The molecule has 0 aromatic rings. The summed E-state index contributed by atoms with van der Waals surface area (Å²) in [6, 6.07) is 2.12. The zero-order valence-electron chi connectivity index (χ0n) is 9.12. The quantitative estimate of drug-likeness (QED) is 0.400. The largest absolute Gasteiger partial charge is 0.497 e. The van der Waals surface area contributed by atoms with E-state index in [-0.39, 0.29) is 0 Å².